The largest absolute Gasteiger partial charge is 0.381 e. The maximum Gasteiger partial charge on any atom is 0.254 e. The number of rotatable bonds is 2. The number of amides is 1. The lowest BCUT2D eigenvalue weighted by atomic mass is 10.1. The molecule has 1 unspecified atom stereocenters. The Morgan fingerprint density at radius 1 is 1.62 bits per heavy atom. The minimum atomic E-state index is -1.21. The Hall–Kier alpha value is -0.570. The van der Waals surface area contributed by atoms with Crippen LogP contribution >= 0.6 is 0 Å². The molecule has 1 saturated heterocycles. The second kappa shape index (κ2) is 3.66. The zero-order valence-corrected chi connectivity index (χ0v) is 8.71. The van der Waals surface area contributed by atoms with Crippen LogP contribution in [0.3, 0.4) is 0 Å². The maximum atomic E-state index is 11.7. The lowest BCUT2D eigenvalue weighted by Gasteiger charge is -2.29. The van der Waals surface area contributed by atoms with E-state index in [2.05, 4.69) is 6.92 Å². The predicted molar refractivity (Wildman–Crippen MR) is 51.3 cm³/mol. The van der Waals surface area contributed by atoms with Crippen LogP contribution in [0.4, 0.5) is 0 Å². The number of hydrogen-bond donors (Lipinski definition) is 1. The molecule has 0 bridgehead atoms. The quantitative estimate of drug-likeness (QED) is 0.701. The molecular weight excluding hydrogens is 166 g/mol. The standard InChI is InChI=1S/C10H19NO2/c1-4-8-6-5-7-11(8)9(12)10(2,3)13/h8,13H,4-7H2,1-3H3. The smallest absolute Gasteiger partial charge is 0.254 e. The second-order valence-electron chi connectivity index (χ2n) is 4.26. The van der Waals surface area contributed by atoms with Crippen molar-refractivity contribution < 1.29 is 9.90 Å². The highest BCUT2D eigenvalue weighted by atomic mass is 16.3. The van der Waals surface area contributed by atoms with Crippen LogP contribution in [0, 0.1) is 0 Å². The highest BCUT2D eigenvalue weighted by Gasteiger charge is 2.35. The van der Waals surface area contributed by atoms with E-state index in [-0.39, 0.29) is 5.91 Å². The molecule has 3 nitrogen and oxygen atoms in total. The van der Waals surface area contributed by atoms with Crippen LogP contribution in [0.25, 0.3) is 0 Å². The van der Waals surface area contributed by atoms with Crippen LogP contribution in [0.1, 0.15) is 40.0 Å². The monoisotopic (exact) mass is 185 g/mol. The predicted octanol–water partition coefficient (Wildman–Crippen LogP) is 1.16. The Balaban J connectivity index is 2.66. The first-order valence-electron chi connectivity index (χ1n) is 5.00. The molecule has 13 heavy (non-hydrogen) atoms. The van der Waals surface area contributed by atoms with Crippen molar-refractivity contribution in [3.63, 3.8) is 0 Å². The van der Waals surface area contributed by atoms with E-state index in [0.717, 1.165) is 25.8 Å². The first kappa shape index (κ1) is 10.5. The zero-order chi connectivity index (χ0) is 10.1. The highest BCUT2D eigenvalue weighted by molar-refractivity contribution is 5.84. The maximum absolute atomic E-state index is 11.7. The SMILES string of the molecule is CCC1CCCN1C(=O)C(C)(C)O. The van der Waals surface area contributed by atoms with Crippen molar-refractivity contribution in [2.24, 2.45) is 0 Å². The Labute approximate surface area is 79.7 Å². The van der Waals surface area contributed by atoms with Gasteiger partial charge in [-0.1, -0.05) is 6.92 Å². The van der Waals surface area contributed by atoms with Gasteiger partial charge in [-0.25, -0.2) is 0 Å². The van der Waals surface area contributed by atoms with Gasteiger partial charge < -0.3 is 10.0 Å². The first-order chi connectivity index (χ1) is 5.96. The third-order valence-electron chi connectivity index (χ3n) is 2.63. The van der Waals surface area contributed by atoms with E-state index < -0.39 is 5.60 Å². The van der Waals surface area contributed by atoms with Gasteiger partial charge >= 0.3 is 0 Å². The number of carbonyl (C=O) groups is 1. The van der Waals surface area contributed by atoms with Gasteiger partial charge in [-0.2, -0.15) is 0 Å². The van der Waals surface area contributed by atoms with E-state index in [1.165, 1.54) is 0 Å². The van der Waals surface area contributed by atoms with Crippen molar-refractivity contribution in [1.29, 1.82) is 0 Å². The van der Waals surface area contributed by atoms with E-state index in [4.69, 9.17) is 0 Å². The Morgan fingerprint density at radius 3 is 2.69 bits per heavy atom. The topological polar surface area (TPSA) is 40.5 Å². The molecule has 1 aliphatic rings. The molecule has 1 rings (SSSR count). The van der Waals surface area contributed by atoms with E-state index in [1.54, 1.807) is 13.8 Å². The van der Waals surface area contributed by atoms with Crippen LogP contribution in [0.15, 0.2) is 0 Å². The fraction of sp³-hybridized carbons (Fsp3) is 0.900. The van der Waals surface area contributed by atoms with Crippen molar-refractivity contribution in [3.8, 4) is 0 Å². The van der Waals surface area contributed by atoms with Crippen molar-refractivity contribution in [1.82, 2.24) is 4.90 Å². The number of carbonyl (C=O) groups excluding carboxylic acids is 1. The van der Waals surface area contributed by atoms with Gasteiger partial charge in [0.25, 0.3) is 5.91 Å². The first-order valence-corrected chi connectivity index (χ1v) is 5.00. The van der Waals surface area contributed by atoms with Crippen LogP contribution < -0.4 is 0 Å². The molecule has 76 valence electrons. The Bertz CT molecular complexity index is 196. The molecule has 3 heteroatoms. The minimum Gasteiger partial charge on any atom is -0.381 e. The molecule has 1 aliphatic heterocycles. The molecule has 0 spiro atoms. The highest BCUT2D eigenvalue weighted by Crippen LogP contribution is 2.22. The fourth-order valence-corrected chi connectivity index (χ4v) is 1.88. The van der Waals surface area contributed by atoms with Crippen molar-refractivity contribution in [3.05, 3.63) is 0 Å². The molecule has 1 amide bonds. The average Bonchev–Trinajstić information content (AvgIpc) is 2.48. The van der Waals surface area contributed by atoms with Gasteiger partial charge in [-0.3, -0.25) is 4.79 Å². The van der Waals surface area contributed by atoms with Gasteiger partial charge in [0.2, 0.25) is 0 Å². The molecule has 0 radical (unpaired) electrons. The van der Waals surface area contributed by atoms with E-state index in [9.17, 15) is 9.90 Å². The lowest BCUT2D eigenvalue weighted by Crippen LogP contribution is -2.47. The second-order valence-corrected chi connectivity index (χ2v) is 4.26. The van der Waals surface area contributed by atoms with Crippen LogP contribution in [0.5, 0.6) is 0 Å². The van der Waals surface area contributed by atoms with Crippen molar-refractivity contribution in [2.75, 3.05) is 6.54 Å². The van der Waals surface area contributed by atoms with Crippen LogP contribution in [0.2, 0.25) is 0 Å². The number of hydrogen-bond acceptors (Lipinski definition) is 2. The number of aliphatic hydroxyl groups is 1. The van der Waals surface area contributed by atoms with E-state index in [0.29, 0.717) is 6.04 Å². The summed E-state index contributed by atoms with van der Waals surface area (Å²) < 4.78 is 0. The van der Waals surface area contributed by atoms with Gasteiger partial charge in [0.05, 0.1) is 0 Å². The van der Waals surface area contributed by atoms with Gasteiger partial charge in [-0.05, 0) is 33.1 Å². The van der Waals surface area contributed by atoms with E-state index >= 15 is 0 Å². The minimum absolute atomic E-state index is 0.128. The fourth-order valence-electron chi connectivity index (χ4n) is 1.88. The summed E-state index contributed by atoms with van der Waals surface area (Å²) in [5.74, 6) is -0.128. The van der Waals surface area contributed by atoms with Crippen molar-refractivity contribution in [2.45, 2.75) is 51.7 Å². The van der Waals surface area contributed by atoms with Gasteiger partial charge in [0.15, 0.2) is 0 Å². The summed E-state index contributed by atoms with van der Waals surface area (Å²) in [6, 6.07) is 0.346. The molecule has 0 saturated carbocycles. The molecule has 0 aromatic heterocycles. The van der Waals surface area contributed by atoms with Gasteiger partial charge in [-0.15, -0.1) is 0 Å². The van der Waals surface area contributed by atoms with Gasteiger partial charge in [0.1, 0.15) is 5.60 Å². The summed E-state index contributed by atoms with van der Waals surface area (Å²) in [6.07, 6.45) is 3.14. The lowest BCUT2D eigenvalue weighted by molar-refractivity contribution is -0.148. The molecule has 1 fully saturated rings. The number of likely N-dealkylation sites (tertiary alicyclic amines) is 1. The summed E-state index contributed by atoms with van der Waals surface area (Å²) in [6.45, 7) is 6.00. The normalized spacial score (nSPS) is 23.7. The van der Waals surface area contributed by atoms with Crippen molar-refractivity contribution >= 4 is 5.91 Å². The third-order valence-corrected chi connectivity index (χ3v) is 2.63. The van der Waals surface area contributed by atoms with Crippen LogP contribution in [-0.2, 0) is 4.79 Å². The summed E-state index contributed by atoms with van der Waals surface area (Å²) in [4.78, 5) is 13.5. The molecule has 1 atom stereocenters. The summed E-state index contributed by atoms with van der Waals surface area (Å²) in [5, 5.41) is 9.57. The average molecular weight is 185 g/mol. The number of nitrogens with zero attached hydrogens (tertiary/aromatic N) is 1. The molecule has 1 heterocycles. The zero-order valence-electron chi connectivity index (χ0n) is 8.71. The van der Waals surface area contributed by atoms with Gasteiger partial charge in [0, 0.05) is 12.6 Å². The summed E-state index contributed by atoms with van der Waals surface area (Å²) in [5.41, 5.74) is -1.21. The Kier molecular flexibility index (Phi) is 2.96. The molecular formula is C10H19NO2. The molecule has 1 N–H and O–H groups in total. The molecule has 0 aliphatic carbocycles. The molecule has 0 aromatic rings. The molecule has 0 aromatic carbocycles. The summed E-state index contributed by atoms with van der Waals surface area (Å²) >= 11 is 0. The summed E-state index contributed by atoms with van der Waals surface area (Å²) in [7, 11) is 0. The van der Waals surface area contributed by atoms with Crippen LogP contribution in [-0.4, -0.2) is 34.1 Å². The Morgan fingerprint density at radius 2 is 2.23 bits per heavy atom. The third kappa shape index (κ3) is 2.21. The van der Waals surface area contributed by atoms with E-state index in [1.807, 2.05) is 4.90 Å².